The maximum absolute atomic E-state index is 2.49. The van der Waals surface area contributed by atoms with Crippen molar-refractivity contribution in [1.29, 1.82) is 0 Å². The fourth-order valence-corrected chi connectivity index (χ4v) is 3.91. The Morgan fingerprint density at radius 3 is 1.91 bits per heavy atom. The molecular formula is C10H21Si. The molecule has 1 aliphatic heterocycles. The summed E-state index contributed by atoms with van der Waals surface area (Å²) in [4.78, 5) is 0. The first-order valence-electron chi connectivity index (χ1n) is 4.81. The molecule has 65 valence electrons. The van der Waals surface area contributed by atoms with Gasteiger partial charge in [-0.3, -0.25) is 0 Å². The van der Waals surface area contributed by atoms with E-state index < -0.39 is 0 Å². The van der Waals surface area contributed by atoms with E-state index in [0.717, 1.165) is 5.92 Å². The van der Waals surface area contributed by atoms with E-state index in [9.17, 15) is 0 Å². The second-order valence-electron chi connectivity index (χ2n) is 5.10. The van der Waals surface area contributed by atoms with Crippen molar-refractivity contribution in [3.8, 4) is 0 Å². The third-order valence-electron chi connectivity index (χ3n) is 3.06. The molecular weight excluding hydrogens is 148 g/mol. The van der Waals surface area contributed by atoms with Crippen molar-refractivity contribution in [3.63, 3.8) is 0 Å². The monoisotopic (exact) mass is 169 g/mol. The van der Waals surface area contributed by atoms with Crippen LogP contribution in [0, 0.1) is 11.3 Å². The summed E-state index contributed by atoms with van der Waals surface area (Å²) in [6.07, 6.45) is 3.02. The first-order chi connectivity index (χ1) is 5.00. The second-order valence-corrected chi connectivity index (χ2v) is 8.01. The second kappa shape index (κ2) is 3.30. The molecule has 1 heteroatoms. The summed E-state index contributed by atoms with van der Waals surface area (Å²) in [5.74, 6) is 1.01. The first-order valence-corrected chi connectivity index (χ1v) is 7.23. The van der Waals surface area contributed by atoms with Gasteiger partial charge in [0.15, 0.2) is 0 Å². The Balaban J connectivity index is 2.39. The standard InChI is InChI=1S/C10H21Si/c1-10(2,3)9-5-7-11(4)8-6-9/h9H,5-8H2,1-4H3. The fraction of sp³-hybridized carbons (Fsp3) is 1.00. The van der Waals surface area contributed by atoms with Gasteiger partial charge in [-0.25, -0.2) is 0 Å². The van der Waals surface area contributed by atoms with E-state index in [1.165, 1.54) is 12.8 Å². The van der Waals surface area contributed by atoms with Crippen LogP contribution in [0.3, 0.4) is 0 Å². The maximum Gasteiger partial charge on any atom is 0.0446 e. The largest absolute Gasteiger partial charge is 0.0711 e. The van der Waals surface area contributed by atoms with Crippen molar-refractivity contribution in [3.05, 3.63) is 0 Å². The van der Waals surface area contributed by atoms with Crippen molar-refractivity contribution >= 4 is 8.80 Å². The third kappa shape index (κ3) is 2.62. The molecule has 0 N–H and O–H groups in total. The van der Waals surface area contributed by atoms with Gasteiger partial charge in [-0.1, -0.05) is 52.2 Å². The Morgan fingerprint density at radius 2 is 1.55 bits per heavy atom. The lowest BCUT2D eigenvalue weighted by molar-refractivity contribution is 0.219. The van der Waals surface area contributed by atoms with Gasteiger partial charge in [-0.05, 0) is 11.3 Å². The Hall–Kier alpha value is 0.217. The van der Waals surface area contributed by atoms with Crippen LogP contribution in [-0.4, -0.2) is 8.80 Å². The van der Waals surface area contributed by atoms with E-state index in [4.69, 9.17) is 0 Å². The van der Waals surface area contributed by atoms with E-state index in [1.807, 2.05) is 0 Å². The molecule has 1 aliphatic rings. The number of hydrogen-bond donors (Lipinski definition) is 0. The van der Waals surface area contributed by atoms with E-state index in [-0.39, 0.29) is 8.80 Å². The minimum atomic E-state index is 0.115. The zero-order valence-corrected chi connectivity index (χ0v) is 9.41. The van der Waals surface area contributed by atoms with Gasteiger partial charge in [-0.2, -0.15) is 0 Å². The minimum absolute atomic E-state index is 0.115. The van der Waals surface area contributed by atoms with Crippen LogP contribution in [0.25, 0.3) is 0 Å². The van der Waals surface area contributed by atoms with Gasteiger partial charge in [0.25, 0.3) is 0 Å². The van der Waals surface area contributed by atoms with Gasteiger partial charge in [0.05, 0.1) is 0 Å². The molecule has 0 aromatic rings. The molecule has 11 heavy (non-hydrogen) atoms. The van der Waals surface area contributed by atoms with Crippen LogP contribution >= 0.6 is 0 Å². The number of rotatable bonds is 0. The van der Waals surface area contributed by atoms with Gasteiger partial charge in [0.2, 0.25) is 0 Å². The first kappa shape index (κ1) is 9.31. The molecule has 0 nitrogen and oxygen atoms in total. The molecule has 1 saturated heterocycles. The smallest absolute Gasteiger partial charge is 0.0446 e. The highest BCUT2D eigenvalue weighted by atomic mass is 28.3. The summed E-state index contributed by atoms with van der Waals surface area (Å²) < 4.78 is 0. The minimum Gasteiger partial charge on any atom is -0.0711 e. The Bertz CT molecular complexity index is 115. The third-order valence-corrected chi connectivity index (χ3v) is 5.35. The van der Waals surface area contributed by atoms with Gasteiger partial charge in [0, 0.05) is 8.80 Å². The average Bonchev–Trinajstić information content (AvgIpc) is 1.86. The SMILES string of the molecule is C[Si]1CCC(C(C)(C)C)CC1. The molecule has 0 saturated carbocycles. The molecule has 0 amide bonds. The van der Waals surface area contributed by atoms with Crippen LogP contribution in [-0.2, 0) is 0 Å². The summed E-state index contributed by atoms with van der Waals surface area (Å²) in [7, 11) is 0.115. The van der Waals surface area contributed by atoms with Gasteiger partial charge < -0.3 is 0 Å². The molecule has 0 bridgehead atoms. The zero-order chi connectivity index (χ0) is 8.48. The summed E-state index contributed by atoms with van der Waals surface area (Å²) in [5.41, 5.74) is 0.572. The summed E-state index contributed by atoms with van der Waals surface area (Å²) >= 11 is 0. The molecule has 1 heterocycles. The van der Waals surface area contributed by atoms with Crippen LogP contribution in [0.4, 0.5) is 0 Å². The molecule has 1 rings (SSSR count). The molecule has 0 atom stereocenters. The van der Waals surface area contributed by atoms with E-state index >= 15 is 0 Å². The van der Waals surface area contributed by atoms with Crippen molar-refractivity contribution in [2.45, 2.75) is 52.2 Å². The van der Waals surface area contributed by atoms with Crippen molar-refractivity contribution < 1.29 is 0 Å². The maximum atomic E-state index is 2.49. The lowest BCUT2D eigenvalue weighted by Gasteiger charge is -2.35. The van der Waals surface area contributed by atoms with Gasteiger partial charge in [0.1, 0.15) is 0 Å². The lowest BCUT2D eigenvalue weighted by Crippen LogP contribution is -2.27. The number of hydrogen-bond acceptors (Lipinski definition) is 0. The van der Waals surface area contributed by atoms with E-state index in [1.54, 1.807) is 12.1 Å². The van der Waals surface area contributed by atoms with Crippen LogP contribution in [0.15, 0.2) is 0 Å². The Morgan fingerprint density at radius 1 is 1.09 bits per heavy atom. The molecule has 1 fully saturated rings. The molecule has 0 aliphatic carbocycles. The molecule has 0 spiro atoms. The molecule has 0 aromatic heterocycles. The highest BCUT2D eigenvalue weighted by Crippen LogP contribution is 2.37. The lowest BCUT2D eigenvalue weighted by atomic mass is 9.77. The van der Waals surface area contributed by atoms with Crippen molar-refractivity contribution in [2.75, 3.05) is 0 Å². The summed E-state index contributed by atoms with van der Waals surface area (Å²) in [5, 5.41) is 0. The fourth-order valence-electron chi connectivity index (χ4n) is 1.98. The van der Waals surface area contributed by atoms with Gasteiger partial charge >= 0.3 is 0 Å². The normalized spacial score (nSPS) is 24.0. The molecule has 0 aromatic carbocycles. The van der Waals surface area contributed by atoms with Crippen molar-refractivity contribution in [1.82, 2.24) is 0 Å². The predicted molar refractivity (Wildman–Crippen MR) is 53.4 cm³/mol. The topological polar surface area (TPSA) is 0 Å². The quantitative estimate of drug-likeness (QED) is 0.486. The van der Waals surface area contributed by atoms with Crippen LogP contribution in [0.5, 0.6) is 0 Å². The highest BCUT2D eigenvalue weighted by Gasteiger charge is 2.28. The van der Waals surface area contributed by atoms with Gasteiger partial charge in [-0.15, -0.1) is 0 Å². The summed E-state index contributed by atoms with van der Waals surface area (Å²) in [6, 6.07) is 3.12. The highest BCUT2D eigenvalue weighted by molar-refractivity contribution is 6.57. The molecule has 0 unspecified atom stereocenters. The average molecular weight is 169 g/mol. The van der Waals surface area contributed by atoms with Crippen molar-refractivity contribution in [2.24, 2.45) is 11.3 Å². The zero-order valence-electron chi connectivity index (χ0n) is 8.41. The summed E-state index contributed by atoms with van der Waals surface area (Å²) in [6.45, 7) is 9.67. The van der Waals surface area contributed by atoms with E-state index in [2.05, 4.69) is 27.3 Å². The molecule has 1 radical (unpaired) electrons. The predicted octanol–water partition coefficient (Wildman–Crippen LogP) is 3.57. The van der Waals surface area contributed by atoms with Crippen LogP contribution in [0.1, 0.15) is 33.6 Å². The van der Waals surface area contributed by atoms with E-state index in [0.29, 0.717) is 5.41 Å². The Kier molecular flexibility index (Phi) is 2.79. The van der Waals surface area contributed by atoms with Crippen LogP contribution in [0.2, 0.25) is 18.6 Å². The van der Waals surface area contributed by atoms with Crippen LogP contribution < -0.4 is 0 Å². The Labute approximate surface area is 73.0 Å².